The number of carbonyl (C=O) groups is 1. The Labute approximate surface area is 184 Å². The number of carbonyl (C=O) groups excluding carboxylic acids is 1. The summed E-state index contributed by atoms with van der Waals surface area (Å²) >= 11 is 3.01. The van der Waals surface area contributed by atoms with Gasteiger partial charge in [-0.2, -0.15) is 0 Å². The van der Waals surface area contributed by atoms with Crippen molar-refractivity contribution >= 4 is 44.4 Å². The third-order valence-corrected chi connectivity index (χ3v) is 6.44. The molecule has 0 atom stereocenters. The van der Waals surface area contributed by atoms with Gasteiger partial charge >= 0.3 is 0 Å². The molecule has 0 unspecified atom stereocenters. The summed E-state index contributed by atoms with van der Waals surface area (Å²) < 4.78 is 0.529. The van der Waals surface area contributed by atoms with Gasteiger partial charge in [0.05, 0.1) is 15.0 Å². The van der Waals surface area contributed by atoms with E-state index in [-0.39, 0.29) is 11.9 Å². The molecule has 3 N–H and O–H groups in total. The number of nitrogens with two attached hydrogens (primary N) is 1. The molecule has 0 aliphatic heterocycles. The summed E-state index contributed by atoms with van der Waals surface area (Å²) in [5.41, 5.74) is 6.61. The van der Waals surface area contributed by atoms with Crippen molar-refractivity contribution in [3.05, 3.63) is 18.2 Å². The van der Waals surface area contributed by atoms with Crippen molar-refractivity contribution in [1.82, 2.24) is 15.2 Å². The molecule has 0 fully saturated rings. The average molecular weight is 439 g/mol. The highest BCUT2D eigenvalue weighted by molar-refractivity contribution is 8.01. The van der Waals surface area contributed by atoms with E-state index in [2.05, 4.69) is 49.8 Å². The van der Waals surface area contributed by atoms with Crippen molar-refractivity contribution in [3.8, 4) is 0 Å². The molecule has 1 aromatic carbocycles. The van der Waals surface area contributed by atoms with Crippen LogP contribution in [0, 0.1) is 0 Å². The van der Waals surface area contributed by atoms with E-state index in [9.17, 15) is 4.79 Å². The van der Waals surface area contributed by atoms with Gasteiger partial charge in [0.15, 0.2) is 5.13 Å². The molecule has 2 aromatic rings. The Hall–Kier alpha value is -1.31. The van der Waals surface area contributed by atoms with Crippen LogP contribution in [0.15, 0.2) is 23.1 Å². The molecule has 7 heteroatoms. The molecule has 29 heavy (non-hydrogen) atoms. The molecule has 1 heterocycles. The van der Waals surface area contributed by atoms with Gasteiger partial charge in [0.25, 0.3) is 0 Å². The fourth-order valence-corrected chi connectivity index (χ4v) is 4.99. The number of aromatic nitrogens is 1. The Kier molecular flexibility index (Phi) is 9.92. The lowest BCUT2D eigenvalue weighted by molar-refractivity contribution is -0.123. The topological polar surface area (TPSA) is 71.2 Å². The monoisotopic (exact) mass is 438 g/mol. The van der Waals surface area contributed by atoms with Crippen LogP contribution < -0.4 is 11.1 Å². The molecule has 0 spiro atoms. The summed E-state index contributed by atoms with van der Waals surface area (Å²) in [5.74, 6) is 0.0430. The van der Waals surface area contributed by atoms with E-state index >= 15 is 0 Å². The Bertz CT molecular complexity index is 776. The molecule has 1 amide bonds. The predicted octanol–water partition coefficient (Wildman–Crippen LogP) is 5.40. The Morgan fingerprint density at radius 3 is 2.24 bits per heavy atom. The third kappa shape index (κ3) is 8.15. The number of thiazole rings is 1. The number of anilines is 1. The van der Waals surface area contributed by atoms with E-state index in [1.54, 1.807) is 11.8 Å². The zero-order chi connectivity index (χ0) is 22.4. The van der Waals surface area contributed by atoms with Crippen LogP contribution in [-0.2, 0) is 4.79 Å². The molecule has 5 nitrogen and oxygen atoms in total. The zero-order valence-electron chi connectivity index (χ0n) is 19.4. The van der Waals surface area contributed by atoms with Gasteiger partial charge in [-0.3, -0.25) is 9.69 Å². The molecule has 0 aliphatic carbocycles. The number of fused-ring (bicyclic) bond motifs is 1. The molecule has 0 saturated heterocycles. The first-order valence-corrected chi connectivity index (χ1v) is 11.9. The molecular weight excluding hydrogens is 400 g/mol. The molecule has 1 aromatic heterocycles. The lowest BCUT2D eigenvalue weighted by Crippen LogP contribution is -2.42. The molecule has 164 valence electrons. The number of nitrogen functional groups attached to an aromatic ring is 1. The molecule has 0 bridgehead atoms. The molecular formula is C22H38N4OS2. The van der Waals surface area contributed by atoms with Gasteiger partial charge in [0.1, 0.15) is 0 Å². The first kappa shape index (κ1) is 25.7. The van der Waals surface area contributed by atoms with Crippen LogP contribution in [0.25, 0.3) is 10.2 Å². The normalized spacial score (nSPS) is 12.0. The number of benzene rings is 1. The number of nitrogens with zero attached hydrogens (tertiary/aromatic N) is 2. The predicted molar refractivity (Wildman–Crippen MR) is 130 cm³/mol. The second-order valence-corrected chi connectivity index (χ2v) is 11.2. The highest BCUT2D eigenvalue weighted by Gasteiger charge is 2.29. The van der Waals surface area contributed by atoms with E-state index in [1.165, 1.54) is 11.3 Å². The number of thioether (sulfide) groups is 1. The van der Waals surface area contributed by atoms with Gasteiger partial charge in [-0.15, -0.1) is 11.8 Å². The quantitative estimate of drug-likeness (QED) is 0.566. The van der Waals surface area contributed by atoms with Gasteiger partial charge in [0.2, 0.25) is 5.91 Å². The summed E-state index contributed by atoms with van der Waals surface area (Å²) in [7, 11) is 0. The van der Waals surface area contributed by atoms with Gasteiger partial charge in [-0.1, -0.05) is 18.3 Å². The summed E-state index contributed by atoms with van der Waals surface area (Å²) in [6.45, 7) is 20.1. The van der Waals surface area contributed by atoms with Gasteiger partial charge in [-0.05, 0) is 80.1 Å². The van der Waals surface area contributed by atoms with Crippen LogP contribution in [-0.4, -0.2) is 45.2 Å². The minimum absolute atomic E-state index is 0.0430. The van der Waals surface area contributed by atoms with Crippen LogP contribution in [0.1, 0.15) is 62.3 Å². The van der Waals surface area contributed by atoms with Gasteiger partial charge in [-0.25, -0.2) is 4.98 Å². The molecule has 0 radical (unpaired) electrons. The Balaban J connectivity index is 0.000000396. The molecule has 2 rings (SSSR count). The SMILES string of the molecule is CC(C)NC(=O)C(C)(C)Sc1ccc2nc(N)sc2c1.CCN(C(C)C)C(C)C. The van der Waals surface area contributed by atoms with Crippen LogP contribution in [0.2, 0.25) is 0 Å². The highest BCUT2D eigenvalue weighted by Crippen LogP contribution is 2.35. The standard InChI is InChI=1S/C14H19N3OS2.C8H19N/c1-8(2)16-12(18)14(3,4)20-9-5-6-10-11(7-9)19-13(15)17-10;1-6-9(7(2)3)8(4)5/h5-8H,1-4H3,(H2,15,17)(H,16,18);7-8H,6H2,1-5H3. The smallest absolute Gasteiger partial charge is 0.236 e. The van der Waals surface area contributed by atoms with E-state index in [0.29, 0.717) is 17.2 Å². The Morgan fingerprint density at radius 2 is 1.79 bits per heavy atom. The van der Waals surface area contributed by atoms with Crippen LogP contribution in [0.3, 0.4) is 0 Å². The number of hydrogen-bond acceptors (Lipinski definition) is 6. The largest absolute Gasteiger partial charge is 0.375 e. The zero-order valence-corrected chi connectivity index (χ0v) is 21.0. The van der Waals surface area contributed by atoms with Crippen molar-refractivity contribution in [2.75, 3.05) is 12.3 Å². The van der Waals surface area contributed by atoms with Crippen molar-refractivity contribution in [3.63, 3.8) is 0 Å². The maximum Gasteiger partial charge on any atom is 0.236 e. The minimum atomic E-state index is -0.520. The van der Waals surface area contributed by atoms with Crippen molar-refractivity contribution in [2.24, 2.45) is 0 Å². The summed E-state index contributed by atoms with van der Waals surface area (Å²) in [6.07, 6.45) is 0. The fraction of sp³-hybridized carbons (Fsp3) is 0.636. The maximum atomic E-state index is 12.2. The molecule has 0 saturated carbocycles. The average Bonchev–Trinajstić information content (AvgIpc) is 2.93. The summed E-state index contributed by atoms with van der Waals surface area (Å²) in [6, 6.07) is 7.49. The van der Waals surface area contributed by atoms with Crippen LogP contribution in [0.5, 0.6) is 0 Å². The lowest BCUT2D eigenvalue weighted by atomic mass is 10.2. The fourth-order valence-electron chi connectivity index (χ4n) is 3.09. The van der Waals surface area contributed by atoms with Gasteiger partial charge in [0, 0.05) is 23.0 Å². The highest BCUT2D eigenvalue weighted by atomic mass is 32.2. The lowest BCUT2D eigenvalue weighted by Gasteiger charge is -2.28. The van der Waals surface area contributed by atoms with Crippen molar-refractivity contribution < 1.29 is 4.79 Å². The first-order chi connectivity index (χ1) is 13.4. The van der Waals surface area contributed by atoms with E-state index in [1.807, 2.05) is 45.9 Å². The maximum absolute atomic E-state index is 12.2. The third-order valence-electron chi connectivity index (χ3n) is 4.41. The van der Waals surface area contributed by atoms with Crippen LogP contribution >= 0.6 is 23.1 Å². The first-order valence-electron chi connectivity index (χ1n) is 10.3. The number of rotatable bonds is 7. The van der Waals surface area contributed by atoms with Crippen molar-refractivity contribution in [1.29, 1.82) is 0 Å². The van der Waals surface area contributed by atoms with Crippen molar-refractivity contribution in [2.45, 2.75) is 90.1 Å². The van der Waals surface area contributed by atoms with E-state index in [4.69, 9.17) is 5.73 Å². The number of hydrogen-bond donors (Lipinski definition) is 2. The number of nitrogens with one attached hydrogen (secondary N) is 1. The minimum Gasteiger partial charge on any atom is -0.375 e. The second-order valence-electron chi connectivity index (χ2n) is 8.44. The second kappa shape index (κ2) is 11.2. The summed E-state index contributed by atoms with van der Waals surface area (Å²) in [4.78, 5) is 19.9. The molecule has 0 aliphatic rings. The van der Waals surface area contributed by atoms with Gasteiger partial charge < -0.3 is 11.1 Å². The van der Waals surface area contributed by atoms with E-state index < -0.39 is 4.75 Å². The summed E-state index contributed by atoms with van der Waals surface area (Å²) in [5, 5.41) is 3.52. The number of amides is 1. The van der Waals surface area contributed by atoms with E-state index in [0.717, 1.165) is 21.7 Å². The van der Waals surface area contributed by atoms with Crippen LogP contribution in [0.4, 0.5) is 5.13 Å². The Morgan fingerprint density at radius 1 is 1.21 bits per heavy atom.